The predicted molar refractivity (Wildman–Crippen MR) is 53.0 cm³/mol. The summed E-state index contributed by atoms with van der Waals surface area (Å²) in [5.74, 6) is 0. The van der Waals surface area contributed by atoms with Crippen LogP contribution in [0, 0.1) is 11.3 Å². The molecule has 1 rings (SSSR count). The number of rotatable bonds is 2. The van der Waals surface area contributed by atoms with Crippen molar-refractivity contribution >= 4 is 0 Å². The Morgan fingerprint density at radius 1 is 1.31 bits per heavy atom. The molecule has 0 aromatic heterocycles. The van der Waals surface area contributed by atoms with Crippen molar-refractivity contribution in [3.63, 3.8) is 0 Å². The van der Waals surface area contributed by atoms with Gasteiger partial charge in [0.15, 0.2) is 0 Å². The summed E-state index contributed by atoms with van der Waals surface area (Å²) in [5.41, 5.74) is 0.800. The Kier molecular flexibility index (Phi) is 6.58. The van der Waals surface area contributed by atoms with E-state index >= 15 is 0 Å². The second-order valence-electron chi connectivity index (χ2n) is 2.29. The third kappa shape index (κ3) is 4.29. The second kappa shape index (κ2) is 7.33. The molecule has 0 spiro atoms. The van der Waals surface area contributed by atoms with Gasteiger partial charge in [-0.3, -0.25) is 0 Å². The minimum absolute atomic E-state index is 0.157. The minimum atomic E-state index is -0.638. The number of hydrogen-bond donors (Lipinski definition) is 1. The molecule has 0 bridgehead atoms. The molecule has 0 aliphatic rings. The summed E-state index contributed by atoms with van der Waals surface area (Å²) < 4.78 is 0. The van der Waals surface area contributed by atoms with Crippen LogP contribution in [0.4, 0.5) is 0 Å². The highest BCUT2D eigenvalue weighted by Gasteiger charge is 2.03. The largest absolute Gasteiger partial charge is 0.387 e. The highest BCUT2D eigenvalue weighted by Crippen LogP contribution is 2.14. The van der Waals surface area contributed by atoms with Crippen LogP contribution in [0.3, 0.4) is 0 Å². The Balaban J connectivity index is 0.000000671. The van der Waals surface area contributed by atoms with Crippen LogP contribution < -0.4 is 0 Å². The van der Waals surface area contributed by atoms with Gasteiger partial charge in [-0.25, -0.2) is 0 Å². The van der Waals surface area contributed by atoms with Crippen LogP contribution in [-0.4, -0.2) is 5.11 Å². The van der Waals surface area contributed by atoms with Crippen molar-refractivity contribution < 1.29 is 5.11 Å². The summed E-state index contributed by atoms with van der Waals surface area (Å²) >= 11 is 0. The number of aliphatic hydroxyl groups is 1. The van der Waals surface area contributed by atoms with E-state index in [1.807, 2.05) is 50.2 Å². The molecule has 1 atom stereocenters. The van der Waals surface area contributed by atoms with Crippen LogP contribution in [0.5, 0.6) is 0 Å². The van der Waals surface area contributed by atoms with Crippen LogP contribution in [0.15, 0.2) is 30.3 Å². The van der Waals surface area contributed by atoms with Crippen LogP contribution in [-0.2, 0) is 0 Å². The molecule has 1 unspecified atom stereocenters. The number of aliphatic hydroxyl groups excluding tert-OH is 1. The van der Waals surface area contributed by atoms with Gasteiger partial charge in [-0.05, 0) is 5.56 Å². The third-order valence-corrected chi connectivity index (χ3v) is 1.47. The van der Waals surface area contributed by atoms with E-state index in [4.69, 9.17) is 5.26 Å². The molecule has 0 aliphatic carbocycles. The minimum Gasteiger partial charge on any atom is -0.387 e. The molecule has 1 N–H and O–H groups in total. The molecular formula is C11H15NO. The smallest absolute Gasteiger partial charge is 0.0919 e. The van der Waals surface area contributed by atoms with Crippen LogP contribution >= 0.6 is 0 Å². The fourth-order valence-corrected chi connectivity index (χ4v) is 0.880. The SMILES string of the molecule is CC.N#CCC(O)c1ccccc1. The summed E-state index contributed by atoms with van der Waals surface area (Å²) in [6, 6.07) is 11.1. The lowest BCUT2D eigenvalue weighted by Crippen LogP contribution is -1.94. The Morgan fingerprint density at radius 3 is 2.31 bits per heavy atom. The summed E-state index contributed by atoms with van der Waals surface area (Å²) in [7, 11) is 0. The van der Waals surface area contributed by atoms with Gasteiger partial charge in [-0.15, -0.1) is 0 Å². The van der Waals surface area contributed by atoms with Crippen molar-refractivity contribution in [3.8, 4) is 6.07 Å². The monoisotopic (exact) mass is 177 g/mol. The van der Waals surface area contributed by atoms with Gasteiger partial charge in [0.2, 0.25) is 0 Å². The lowest BCUT2D eigenvalue weighted by atomic mass is 10.1. The maximum atomic E-state index is 9.30. The van der Waals surface area contributed by atoms with Crippen LogP contribution in [0.25, 0.3) is 0 Å². The number of benzene rings is 1. The lowest BCUT2D eigenvalue weighted by molar-refractivity contribution is 0.183. The Labute approximate surface area is 79.4 Å². The summed E-state index contributed by atoms with van der Waals surface area (Å²) in [6.45, 7) is 4.00. The number of nitriles is 1. The number of hydrogen-bond acceptors (Lipinski definition) is 2. The average molecular weight is 177 g/mol. The zero-order valence-electron chi connectivity index (χ0n) is 8.07. The molecule has 0 radical (unpaired) electrons. The van der Waals surface area contributed by atoms with Crippen molar-refractivity contribution in [3.05, 3.63) is 35.9 Å². The molecule has 0 saturated heterocycles. The molecular weight excluding hydrogens is 162 g/mol. The zero-order chi connectivity index (χ0) is 10.1. The van der Waals surface area contributed by atoms with Crippen molar-refractivity contribution in [2.24, 2.45) is 0 Å². The van der Waals surface area contributed by atoms with Crippen molar-refractivity contribution in [2.45, 2.75) is 26.4 Å². The molecule has 0 heterocycles. The van der Waals surface area contributed by atoms with E-state index in [2.05, 4.69) is 0 Å². The lowest BCUT2D eigenvalue weighted by Gasteiger charge is -2.04. The van der Waals surface area contributed by atoms with Crippen molar-refractivity contribution in [2.75, 3.05) is 0 Å². The fraction of sp³-hybridized carbons (Fsp3) is 0.364. The van der Waals surface area contributed by atoms with Gasteiger partial charge >= 0.3 is 0 Å². The van der Waals surface area contributed by atoms with Gasteiger partial charge < -0.3 is 5.11 Å². The fourth-order valence-electron chi connectivity index (χ4n) is 0.880. The van der Waals surface area contributed by atoms with Crippen LogP contribution in [0.2, 0.25) is 0 Å². The summed E-state index contributed by atoms with van der Waals surface area (Å²) in [5, 5.41) is 17.6. The normalized spacial score (nSPS) is 10.6. The molecule has 2 nitrogen and oxygen atoms in total. The van der Waals surface area contributed by atoms with Gasteiger partial charge in [0.1, 0.15) is 0 Å². The van der Waals surface area contributed by atoms with E-state index in [0.717, 1.165) is 5.56 Å². The van der Waals surface area contributed by atoms with Gasteiger partial charge in [-0.1, -0.05) is 44.2 Å². The Bertz CT molecular complexity index is 251. The standard InChI is InChI=1S/C9H9NO.C2H6/c10-7-6-9(11)8-4-2-1-3-5-8;1-2/h1-5,9,11H,6H2;1-2H3. The highest BCUT2D eigenvalue weighted by molar-refractivity contribution is 5.17. The van der Waals surface area contributed by atoms with Gasteiger partial charge in [0.05, 0.1) is 18.6 Å². The van der Waals surface area contributed by atoms with E-state index in [-0.39, 0.29) is 6.42 Å². The van der Waals surface area contributed by atoms with Gasteiger partial charge in [0, 0.05) is 0 Å². The molecule has 0 fully saturated rings. The van der Waals surface area contributed by atoms with Gasteiger partial charge in [0.25, 0.3) is 0 Å². The van der Waals surface area contributed by atoms with Crippen molar-refractivity contribution in [1.29, 1.82) is 5.26 Å². The molecule has 0 aliphatic heterocycles. The first-order valence-electron chi connectivity index (χ1n) is 4.44. The van der Waals surface area contributed by atoms with E-state index < -0.39 is 6.10 Å². The average Bonchev–Trinajstić information content (AvgIpc) is 2.23. The second-order valence-corrected chi connectivity index (χ2v) is 2.29. The quantitative estimate of drug-likeness (QED) is 0.754. The first-order chi connectivity index (χ1) is 6.34. The van der Waals surface area contributed by atoms with E-state index in [0.29, 0.717) is 0 Å². The maximum absolute atomic E-state index is 9.30. The zero-order valence-corrected chi connectivity index (χ0v) is 8.07. The molecule has 0 saturated carbocycles. The predicted octanol–water partition coefficient (Wildman–Crippen LogP) is 2.66. The van der Waals surface area contributed by atoms with Crippen molar-refractivity contribution in [1.82, 2.24) is 0 Å². The maximum Gasteiger partial charge on any atom is 0.0919 e. The van der Waals surface area contributed by atoms with E-state index in [9.17, 15) is 5.11 Å². The molecule has 1 aromatic carbocycles. The third-order valence-electron chi connectivity index (χ3n) is 1.47. The summed E-state index contributed by atoms with van der Waals surface area (Å²) in [4.78, 5) is 0. The molecule has 1 aromatic rings. The number of nitrogens with zero attached hydrogens (tertiary/aromatic N) is 1. The Morgan fingerprint density at radius 2 is 1.85 bits per heavy atom. The molecule has 0 amide bonds. The van der Waals surface area contributed by atoms with E-state index in [1.165, 1.54) is 0 Å². The molecule has 70 valence electrons. The molecule has 13 heavy (non-hydrogen) atoms. The first-order valence-corrected chi connectivity index (χ1v) is 4.44. The summed E-state index contributed by atoms with van der Waals surface area (Å²) in [6.07, 6.45) is -0.481. The molecule has 2 heteroatoms. The Hall–Kier alpha value is -1.33. The van der Waals surface area contributed by atoms with Gasteiger partial charge in [-0.2, -0.15) is 5.26 Å². The highest BCUT2D eigenvalue weighted by atomic mass is 16.3. The van der Waals surface area contributed by atoms with Crippen LogP contribution in [0.1, 0.15) is 31.9 Å². The topological polar surface area (TPSA) is 44.0 Å². The van der Waals surface area contributed by atoms with E-state index in [1.54, 1.807) is 0 Å². The first kappa shape index (κ1) is 11.7.